The van der Waals surface area contributed by atoms with Gasteiger partial charge in [-0.1, -0.05) is 0 Å². The molecule has 1 fully saturated rings. The first kappa shape index (κ1) is 10.4. The molecule has 0 aliphatic carbocycles. The second kappa shape index (κ2) is 4.57. The molecule has 0 saturated carbocycles. The monoisotopic (exact) mass is 210 g/mol. The quantitative estimate of drug-likeness (QED) is 0.740. The van der Waals surface area contributed by atoms with Gasteiger partial charge in [-0.25, -0.2) is 9.37 Å². The summed E-state index contributed by atoms with van der Waals surface area (Å²) in [5.74, 6) is 0.914. The van der Waals surface area contributed by atoms with Gasteiger partial charge in [0, 0.05) is 19.3 Å². The van der Waals surface area contributed by atoms with E-state index >= 15 is 0 Å². The standard InChI is InChI=1S/C11H15FN2O/c1-9-2-3-13-11(6-9)14-4-5-15-10(7-12)8-14/h2-3,6,10H,4-5,7-8H2,1H3. The lowest BCUT2D eigenvalue weighted by Gasteiger charge is -2.32. The van der Waals surface area contributed by atoms with Crippen molar-refractivity contribution < 1.29 is 9.13 Å². The number of alkyl halides is 1. The van der Waals surface area contributed by atoms with E-state index in [4.69, 9.17) is 4.74 Å². The average Bonchev–Trinajstić information content (AvgIpc) is 2.29. The number of anilines is 1. The first-order valence-electron chi connectivity index (χ1n) is 5.15. The third-order valence-corrected chi connectivity index (χ3v) is 2.54. The molecule has 1 saturated heterocycles. The fourth-order valence-corrected chi connectivity index (χ4v) is 1.71. The molecule has 3 nitrogen and oxygen atoms in total. The molecule has 4 heteroatoms. The van der Waals surface area contributed by atoms with Crippen molar-refractivity contribution in [3.05, 3.63) is 23.9 Å². The zero-order chi connectivity index (χ0) is 10.7. The second-order valence-corrected chi connectivity index (χ2v) is 3.78. The first-order valence-corrected chi connectivity index (χ1v) is 5.15. The summed E-state index contributed by atoms with van der Waals surface area (Å²) in [5.41, 5.74) is 1.17. The van der Waals surface area contributed by atoms with Gasteiger partial charge < -0.3 is 9.64 Å². The molecule has 2 heterocycles. The van der Waals surface area contributed by atoms with Gasteiger partial charge >= 0.3 is 0 Å². The third-order valence-electron chi connectivity index (χ3n) is 2.54. The van der Waals surface area contributed by atoms with E-state index in [-0.39, 0.29) is 6.10 Å². The van der Waals surface area contributed by atoms with Crippen LogP contribution < -0.4 is 4.90 Å². The third kappa shape index (κ3) is 2.45. The van der Waals surface area contributed by atoms with Crippen LogP contribution in [0.5, 0.6) is 0 Å². The number of hydrogen-bond acceptors (Lipinski definition) is 3. The number of aryl methyl sites for hydroxylation is 1. The summed E-state index contributed by atoms with van der Waals surface area (Å²) in [6, 6.07) is 3.97. The molecular formula is C11H15FN2O. The Balaban J connectivity index is 2.09. The van der Waals surface area contributed by atoms with Gasteiger partial charge in [0.25, 0.3) is 0 Å². The molecule has 2 rings (SSSR count). The Morgan fingerprint density at radius 1 is 1.67 bits per heavy atom. The van der Waals surface area contributed by atoms with Gasteiger partial charge in [0.15, 0.2) is 0 Å². The Hall–Kier alpha value is -1.16. The van der Waals surface area contributed by atoms with Crippen molar-refractivity contribution in [3.8, 4) is 0 Å². The van der Waals surface area contributed by atoms with Crippen LogP contribution in [0.15, 0.2) is 18.3 Å². The molecule has 1 atom stereocenters. The zero-order valence-electron chi connectivity index (χ0n) is 8.82. The highest BCUT2D eigenvalue weighted by atomic mass is 19.1. The molecule has 0 bridgehead atoms. The normalized spacial score (nSPS) is 21.7. The molecule has 0 aromatic carbocycles. The molecule has 0 spiro atoms. The number of morpholine rings is 1. The molecule has 1 aromatic rings. The summed E-state index contributed by atoms with van der Waals surface area (Å²) in [7, 11) is 0. The van der Waals surface area contributed by atoms with Crippen LogP contribution in [0.1, 0.15) is 5.56 Å². The minimum atomic E-state index is -0.428. The van der Waals surface area contributed by atoms with Crippen molar-refractivity contribution in [1.29, 1.82) is 0 Å². The Labute approximate surface area is 88.9 Å². The fourth-order valence-electron chi connectivity index (χ4n) is 1.71. The number of aromatic nitrogens is 1. The van der Waals surface area contributed by atoms with Crippen LogP contribution in [-0.4, -0.2) is 37.5 Å². The predicted molar refractivity (Wildman–Crippen MR) is 56.9 cm³/mol. The number of rotatable bonds is 2. The molecule has 0 amide bonds. The van der Waals surface area contributed by atoms with Crippen molar-refractivity contribution in [2.75, 3.05) is 31.3 Å². The number of ether oxygens (including phenoxy) is 1. The van der Waals surface area contributed by atoms with Crippen LogP contribution in [0.3, 0.4) is 0 Å². The number of halogens is 1. The van der Waals surface area contributed by atoms with Crippen LogP contribution in [-0.2, 0) is 4.74 Å². The molecule has 1 aliphatic rings. The van der Waals surface area contributed by atoms with E-state index in [2.05, 4.69) is 9.88 Å². The van der Waals surface area contributed by atoms with Crippen LogP contribution in [0, 0.1) is 6.92 Å². The lowest BCUT2D eigenvalue weighted by atomic mass is 10.2. The van der Waals surface area contributed by atoms with Gasteiger partial charge in [-0.2, -0.15) is 0 Å². The van der Waals surface area contributed by atoms with E-state index in [0.29, 0.717) is 13.2 Å². The highest BCUT2D eigenvalue weighted by Gasteiger charge is 2.21. The highest BCUT2D eigenvalue weighted by molar-refractivity contribution is 5.41. The van der Waals surface area contributed by atoms with Crippen molar-refractivity contribution >= 4 is 5.82 Å². The van der Waals surface area contributed by atoms with Crippen LogP contribution in [0.2, 0.25) is 0 Å². The average molecular weight is 210 g/mol. The molecule has 82 valence electrons. The molecule has 1 unspecified atom stereocenters. The summed E-state index contributed by atoms with van der Waals surface area (Å²) < 4.78 is 17.7. The number of nitrogens with zero attached hydrogens (tertiary/aromatic N) is 2. The van der Waals surface area contributed by atoms with E-state index < -0.39 is 6.67 Å². The minimum Gasteiger partial charge on any atom is -0.372 e. The molecule has 1 aliphatic heterocycles. The van der Waals surface area contributed by atoms with E-state index in [1.54, 1.807) is 6.20 Å². The van der Waals surface area contributed by atoms with Gasteiger partial charge in [-0.15, -0.1) is 0 Å². The maximum Gasteiger partial charge on any atom is 0.128 e. The molecule has 0 radical (unpaired) electrons. The number of hydrogen-bond donors (Lipinski definition) is 0. The van der Waals surface area contributed by atoms with Gasteiger partial charge in [0.1, 0.15) is 18.6 Å². The first-order chi connectivity index (χ1) is 7.29. The number of pyridine rings is 1. The van der Waals surface area contributed by atoms with Crippen molar-refractivity contribution in [3.63, 3.8) is 0 Å². The van der Waals surface area contributed by atoms with Crippen LogP contribution in [0.25, 0.3) is 0 Å². The van der Waals surface area contributed by atoms with Gasteiger partial charge in [-0.05, 0) is 24.6 Å². The predicted octanol–water partition coefficient (Wildman–Crippen LogP) is 1.56. The Kier molecular flexibility index (Phi) is 3.16. The zero-order valence-corrected chi connectivity index (χ0v) is 8.82. The van der Waals surface area contributed by atoms with Crippen LogP contribution in [0.4, 0.5) is 10.2 Å². The Bertz CT molecular complexity index is 332. The SMILES string of the molecule is Cc1ccnc(N2CCOC(CF)C2)c1. The summed E-state index contributed by atoms with van der Waals surface area (Å²) in [6.45, 7) is 3.55. The smallest absolute Gasteiger partial charge is 0.128 e. The molecule has 15 heavy (non-hydrogen) atoms. The summed E-state index contributed by atoms with van der Waals surface area (Å²) in [6.07, 6.45) is 1.48. The van der Waals surface area contributed by atoms with E-state index in [1.165, 1.54) is 5.56 Å². The van der Waals surface area contributed by atoms with E-state index in [9.17, 15) is 4.39 Å². The molecule has 0 N–H and O–H groups in total. The lowest BCUT2D eigenvalue weighted by molar-refractivity contribution is 0.0245. The second-order valence-electron chi connectivity index (χ2n) is 3.78. The van der Waals surface area contributed by atoms with Gasteiger partial charge in [0.2, 0.25) is 0 Å². The Morgan fingerprint density at radius 3 is 3.27 bits per heavy atom. The summed E-state index contributed by atoms with van der Waals surface area (Å²) in [4.78, 5) is 6.35. The Morgan fingerprint density at radius 2 is 2.53 bits per heavy atom. The topological polar surface area (TPSA) is 25.4 Å². The van der Waals surface area contributed by atoms with Crippen molar-refractivity contribution in [1.82, 2.24) is 4.98 Å². The van der Waals surface area contributed by atoms with E-state index in [0.717, 1.165) is 12.4 Å². The summed E-state index contributed by atoms with van der Waals surface area (Å²) in [5, 5.41) is 0. The van der Waals surface area contributed by atoms with Gasteiger partial charge in [-0.3, -0.25) is 0 Å². The minimum absolute atomic E-state index is 0.305. The largest absolute Gasteiger partial charge is 0.372 e. The molecule has 1 aromatic heterocycles. The maximum absolute atomic E-state index is 12.5. The van der Waals surface area contributed by atoms with Crippen LogP contribution >= 0.6 is 0 Å². The fraction of sp³-hybridized carbons (Fsp3) is 0.545. The maximum atomic E-state index is 12.5. The lowest BCUT2D eigenvalue weighted by Crippen LogP contribution is -2.43. The van der Waals surface area contributed by atoms with Gasteiger partial charge in [0.05, 0.1) is 6.61 Å². The van der Waals surface area contributed by atoms with Crippen molar-refractivity contribution in [2.24, 2.45) is 0 Å². The summed E-state index contributed by atoms with van der Waals surface area (Å²) >= 11 is 0. The van der Waals surface area contributed by atoms with E-state index in [1.807, 2.05) is 19.1 Å². The van der Waals surface area contributed by atoms with Crippen molar-refractivity contribution in [2.45, 2.75) is 13.0 Å². The highest BCUT2D eigenvalue weighted by Crippen LogP contribution is 2.16. The molecular weight excluding hydrogens is 195 g/mol.